The van der Waals surface area contributed by atoms with Gasteiger partial charge in [-0.3, -0.25) is 14.6 Å². The molecule has 0 unspecified atom stereocenters. The van der Waals surface area contributed by atoms with Crippen LogP contribution in [0.3, 0.4) is 0 Å². The standard InChI is InChI=1S/C22H27N3O3/c1-17(19-5-3-2-4-6-19)23-22(26)15-25-11-9-24(10-12-25)14-18-7-8-20-21(13-18)28-16-27-20/h2-8,13,17H,9-12,14-16H2,1H3,(H,23,26)/t17-/m1/s1. The second kappa shape index (κ2) is 8.63. The van der Waals surface area contributed by atoms with Crippen molar-refractivity contribution in [3.63, 3.8) is 0 Å². The molecule has 6 nitrogen and oxygen atoms in total. The third-order valence-electron chi connectivity index (χ3n) is 5.35. The lowest BCUT2D eigenvalue weighted by Crippen LogP contribution is -2.49. The van der Waals surface area contributed by atoms with Gasteiger partial charge in [-0.1, -0.05) is 36.4 Å². The number of hydrogen-bond acceptors (Lipinski definition) is 5. The van der Waals surface area contributed by atoms with Crippen LogP contribution in [-0.2, 0) is 11.3 Å². The largest absolute Gasteiger partial charge is 0.454 e. The van der Waals surface area contributed by atoms with E-state index < -0.39 is 0 Å². The second-order valence-electron chi connectivity index (χ2n) is 7.44. The van der Waals surface area contributed by atoms with Gasteiger partial charge in [0.2, 0.25) is 12.7 Å². The van der Waals surface area contributed by atoms with Crippen LogP contribution in [0.4, 0.5) is 0 Å². The molecule has 0 spiro atoms. The summed E-state index contributed by atoms with van der Waals surface area (Å²) in [6.07, 6.45) is 0. The van der Waals surface area contributed by atoms with Gasteiger partial charge in [-0.2, -0.15) is 0 Å². The van der Waals surface area contributed by atoms with Crippen LogP contribution < -0.4 is 14.8 Å². The highest BCUT2D eigenvalue weighted by Gasteiger charge is 2.21. The van der Waals surface area contributed by atoms with Crippen LogP contribution in [0.15, 0.2) is 48.5 Å². The fourth-order valence-electron chi connectivity index (χ4n) is 3.72. The summed E-state index contributed by atoms with van der Waals surface area (Å²) >= 11 is 0. The van der Waals surface area contributed by atoms with E-state index in [9.17, 15) is 4.79 Å². The zero-order valence-corrected chi connectivity index (χ0v) is 16.3. The fourth-order valence-corrected chi connectivity index (χ4v) is 3.72. The lowest BCUT2D eigenvalue weighted by Gasteiger charge is -2.34. The molecule has 1 amide bonds. The minimum absolute atomic E-state index is 0.0287. The summed E-state index contributed by atoms with van der Waals surface area (Å²) in [5, 5.41) is 3.10. The van der Waals surface area contributed by atoms with Gasteiger partial charge in [0.1, 0.15) is 0 Å². The Balaban J connectivity index is 1.21. The topological polar surface area (TPSA) is 54.0 Å². The van der Waals surface area contributed by atoms with Crippen molar-refractivity contribution in [2.24, 2.45) is 0 Å². The molecule has 0 saturated carbocycles. The summed E-state index contributed by atoms with van der Waals surface area (Å²) in [5.41, 5.74) is 2.36. The molecule has 0 radical (unpaired) electrons. The van der Waals surface area contributed by atoms with Gasteiger partial charge < -0.3 is 14.8 Å². The number of fused-ring (bicyclic) bond motifs is 1. The zero-order valence-electron chi connectivity index (χ0n) is 16.3. The molecule has 1 atom stereocenters. The van der Waals surface area contributed by atoms with Gasteiger partial charge in [0.05, 0.1) is 12.6 Å². The molecule has 4 rings (SSSR count). The number of nitrogens with one attached hydrogen (secondary N) is 1. The predicted molar refractivity (Wildman–Crippen MR) is 107 cm³/mol. The lowest BCUT2D eigenvalue weighted by molar-refractivity contribution is -0.123. The van der Waals surface area contributed by atoms with Gasteiger partial charge >= 0.3 is 0 Å². The van der Waals surface area contributed by atoms with E-state index in [-0.39, 0.29) is 11.9 Å². The van der Waals surface area contributed by atoms with E-state index >= 15 is 0 Å². The molecule has 2 aliphatic rings. The molecule has 1 N–H and O–H groups in total. The molecule has 2 heterocycles. The Bertz CT molecular complexity index is 804. The maximum atomic E-state index is 12.4. The first-order chi connectivity index (χ1) is 13.7. The number of nitrogens with zero attached hydrogens (tertiary/aromatic N) is 2. The van der Waals surface area contributed by atoms with Crippen LogP contribution in [0, 0.1) is 0 Å². The van der Waals surface area contributed by atoms with Crippen LogP contribution in [0.1, 0.15) is 24.1 Å². The van der Waals surface area contributed by atoms with E-state index in [0.29, 0.717) is 13.3 Å². The molecule has 0 bridgehead atoms. The summed E-state index contributed by atoms with van der Waals surface area (Å²) < 4.78 is 10.8. The predicted octanol–water partition coefficient (Wildman–Crippen LogP) is 2.41. The van der Waals surface area contributed by atoms with E-state index in [2.05, 4.69) is 27.2 Å². The van der Waals surface area contributed by atoms with Gasteiger partial charge in [0, 0.05) is 32.7 Å². The van der Waals surface area contributed by atoms with Crippen molar-refractivity contribution in [2.45, 2.75) is 19.5 Å². The molecule has 2 aliphatic heterocycles. The molecule has 2 aromatic rings. The molecule has 0 aliphatic carbocycles. The molecule has 1 fully saturated rings. The first-order valence-corrected chi connectivity index (χ1v) is 9.85. The third-order valence-corrected chi connectivity index (χ3v) is 5.35. The summed E-state index contributed by atoms with van der Waals surface area (Å²) in [7, 11) is 0. The maximum Gasteiger partial charge on any atom is 0.234 e. The summed E-state index contributed by atoms with van der Waals surface area (Å²) in [6.45, 7) is 7.39. The van der Waals surface area contributed by atoms with Crippen molar-refractivity contribution in [1.82, 2.24) is 15.1 Å². The quantitative estimate of drug-likeness (QED) is 0.833. The molecule has 0 aromatic heterocycles. The average Bonchev–Trinajstić information content (AvgIpc) is 3.18. The van der Waals surface area contributed by atoms with Gasteiger partial charge in [-0.05, 0) is 30.2 Å². The summed E-state index contributed by atoms with van der Waals surface area (Å²) in [5.74, 6) is 1.74. The van der Waals surface area contributed by atoms with E-state index in [1.807, 2.05) is 43.3 Å². The van der Waals surface area contributed by atoms with Crippen molar-refractivity contribution in [1.29, 1.82) is 0 Å². The van der Waals surface area contributed by atoms with Crippen LogP contribution in [-0.4, -0.2) is 55.2 Å². The smallest absolute Gasteiger partial charge is 0.234 e. The SMILES string of the molecule is C[C@@H](NC(=O)CN1CCN(Cc2ccc3c(c2)OCO3)CC1)c1ccccc1. The number of amides is 1. The van der Waals surface area contributed by atoms with Crippen molar-refractivity contribution in [3.05, 3.63) is 59.7 Å². The van der Waals surface area contributed by atoms with Crippen molar-refractivity contribution in [2.75, 3.05) is 39.5 Å². The van der Waals surface area contributed by atoms with Crippen LogP contribution in [0.2, 0.25) is 0 Å². The number of hydrogen-bond donors (Lipinski definition) is 1. The number of ether oxygens (including phenoxy) is 2. The molecular formula is C22H27N3O3. The van der Waals surface area contributed by atoms with Gasteiger partial charge in [0.15, 0.2) is 11.5 Å². The zero-order chi connectivity index (χ0) is 19.3. The minimum atomic E-state index is 0.0287. The molecular weight excluding hydrogens is 354 g/mol. The summed E-state index contributed by atoms with van der Waals surface area (Å²) in [6, 6.07) is 16.2. The molecule has 6 heteroatoms. The van der Waals surface area contributed by atoms with Gasteiger partial charge in [-0.25, -0.2) is 0 Å². The lowest BCUT2D eigenvalue weighted by atomic mass is 10.1. The van der Waals surface area contributed by atoms with Crippen molar-refractivity contribution >= 4 is 5.91 Å². The first kappa shape index (κ1) is 18.8. The number of rotatable bonds is 6. The minimum Gasteiger partial charge on any atom is -0.454 e. The molecule has 2 aromatic carbocycles. The highest BCUT2D eigenvalue weighted by atomic mass is 16.7. The Morgan fingerprint density at radius 3 is 2.50 bits per heavy atom. The van der Waals surface area contributed by atoms with Crippen LogP contribution in [0.5, 0.6) is 11.5 Å². The Morgan fingerprint density at radius 1 is 1.00 bits per heavy atom. The number of carbonyl (C=O) groups excluding carboxylic acids is 1. The highest BCUT2D eigenvalue weighted by Crippen LogP contribution is 2.32. The fraction of sp³-hybridized carbons (Fsp3) is 0.409. The normalized spacial score (nSPS) is 18.0. The Morgan fingerprint density at radius 2 is 1.71 bits per heavy atom. The van der Waals surface area contributed by atoms with Crippen LogP contribution >= 0.6 is 0 Å². The van der Waals surface area contributed by atoms with E-state index in [0.717, 1.165) is 49.8 Å². The average molecular weight is 381 g/mol. The van der Waals surface area contributed by atoms with Crippen LogP contribution in [0.25, 0.3) is 0 Å². The summed E-state index contributed by atoms with van der Waals surface area (Å²) in [4.78, 5) is 17.0. The van der Waals surface area contributed by atoms with E-state index in [4.69, 9.17) is 9.47 Å². The Hall–Kier alpha value is -2.57. The van der Waals surface area contributed by atoms with Gasteiger partial charge in [0.25, 0.3) is 0 Å². The van der Waals surface area contributed by atoms with E-state index in [1.165, 1.54) is 5.56 Å². The number of benzene rings is 2. The van der Waals surface area contributed by atoms with Crippen molar-refractivity contribution < 1.29 is 14.3 Å². The molecule has 148 valence electrons. The maximum absolute atomic E-state index is 12.4. The van der Waals surface area contributed by atoms with Gasteiger partial charge in [-0.15, -0.1) is 0 Å². The van der Waals surface area contributed by atoms with E-state index in [1.54, 1.807) is 0 Å². The molecule has 1 saturated heterocycles. The monoisotopic (exact) mass is 381 g/mol. The Kier molecular flexibility index (Phi) is 5.78. The first-order valence-electron chi connectivity index (χ1n) is 9.85. The Labute approximate surface area is 166 Å². The second-order valence-corrected chi connectivity index (χ2v) is 7.44. The van der Waals surface area contributed by atoms with Crippen molar-refractivity contribution in [3.8, 4) is 11.5 Å². The highest BCUT2D eigenvalue weighted by molar-refractivity contribution is 5.78. The third kappa shape index (κ3) is 4.64. The molecule has 28 heavy (non-hydrogen) atoms. The number of piperazine rings is 1. The number of carbonyl (C=O) groups is 1.